The van der Waals surface area contributed by atoms with Crippen molar-refractivity contribution >= 4 is 11.8 Å². The monoisotopic (exact) mass is 462 g/mol. The standard InChI is InChI=1S/C27H27FN2O4/c1-33-24-10-6-9-21(25(24)34-2)22-16-30(27(32)19-11-13-20(28)14-12-19)17-23(22)26(31)29-15-18-7-4-3-5-8-18/h3-14,22-23H,15-17H2,1-2H3,(H,29,31). The van der Waals surface area contributed by atoms with Gasteiger partial charge in [-0.1, -0.05) is 42.5 Å². The molecule has 4 rings (SSSR count). The van der Waals surface area contributed by atoms with Crippen LogP contribution < -0.4 is 14.8 Å². The predicted octanol–water partition coefficient (Wildman–Crippen LogP) is 4.02. The van der Waals surface area contributed by atoms with Crippen LogP contribution in [0.3, 0.4) is 0 Å². The third-order valence-corrected chi connectivity index (χ3v) is 6.18. The van der Waals surface area contributed by atoms with Gasteiger partial charge in [-0.15, -0.1) is 0 Å². The fourth-order valence-electron chi connectivity index (χ4n) is 4.45. The Bertz CT molecular complexity index is 1150. The van der Waals surface area contributed by atoms with Crippen LogP contribution in [0.15, 0.2) is 72.8 Å². The van der Waals surface area contributed by atoms with E-state index in [1.165, 1.54) is 24.3 Å². The van der Waals surface area contributed by atoms with Gasteiger partial charge in [0.15, 0.2) is 11.5 Å². The van der Waals surface area contributed by atoms with Gasteiger partial charge in [0.1, 0.15) is 5.82 Å². The third kappa shape index (κ3) is 4.88. The molecule has 1 aliphatic heterocycles. The van der Waals surface area contributed by atoms with Gasteiger partial charge in [0.05, 0.1) is 20.1 Å². The normalized spacial score (nSPS) is 17.3. The van der Waals surface area contributed by atoms with E-state index >= 15 is 0 Å². The van der Waals surface area contributed by atoms with Gasteiger partial charge in [0, 0.05) is 36.7 Å². The van der Waals surface area contributed by atoms with Crippen molar-refractivity contribution in [1.82, 2.24) is 10.2 Å². The van der Waals surface area contributed by atoms with Crippen molar-refractivity contribution in [3.8, 4) is 11.5 Å². The summed E-state index contributed by atoms with van der Waals surface area (Å²) in [6.45, 7) is 0.953. The van der Waals surface area contributed by atoms with Gasteiger partial charge in [-0.05, 0) is 35.9 Å². The third-order valence-electron chi connectivity index (χ3n) is 6.18. The number of rotatable bonds is 7. The molecule has 0 radical (unpaired) electrons. The van der Waals surface area contributed by atoms with Gasteiger partial charge in [0.25, 0.3) is 5.91 Å². The van der Waals surface area contributed by atoms with E-state index in [9.17, 15) is 14.0 Å². The molecule has 1 aliphatic rings. The predicted molar refractivity (Wildman–Crippen MR) is 126 cm³/mol. The number of ether oxygens (including phenoxy) is 2. The number of methoxy groups -OCH3 is 2. The minimum absolute atomic E-state index is 0.145. The highest BCUT2D eigenvalue weighted by molar-refractivity contribution is 5.95. The largest absolute Gasteiger partial charge is 0.493 e. The Morgan fingerprint density at radius 2 is 1.68 bits per heavy atom. The quantitative estimate of drug-likeness (QED) is 0.576. The fraction of sp³-hybridized carbons (Fsp3) is 0.259. The van der Waals surface area contributed by atoms with E-state index in [0.717, 1.165) is 11.1 Å². The number of benzene rings is 3. The summed E-state index contributed by atoms with van der Waals surface area (Å²) in [5.74, 6) is -0.480. The lowest BCUT2D eigenvalue weighted by Gasteiger charge is -2.21. The zero-order valence-electron chi connectivity index (χ0n) is 19.2. The molecule has 0 aliphatic carbocycles. The smallest absolute Gasteiger partial charge is 0.253 e. The summed E-state index contributed by atoms with van der Waals surface area (Å²) in [4.78, 5) is 28.2. The molecule has 0 saturated carbocycles. The molecule has 1 saturated heterocycles. The second-order valence-electron chi connectivity index (χ2n) is 8.22. The van der Waals surface area contributed by atoms with Crippen LogP contribution in [0.1, 0.15) is 27.4 Å². The Balaban J connectivity index is 1.62. The van der Waals surface area contributed by atoms with Crippen molar-refractivity contribution < 1.29 is 23.5 Å². The number of nitrogens with one attached hydrogen (secondary N) is 1. The Labute approximate surface area is 198 Å². The fourth-order valence-corrected chi connectivity index (χ4v) is 4.45. The molecule has 2 amide bonds. The SMILES string of the molecule is COc1cccc(C2CN(C(=O)c3ccc(F)cc3)CC2C(=O)NCc2ccccc2)c1OC. The second-order valence-corrected chi connectivity index (χ2v) is 8.22. The van der Waals surface area contributed by atoms with Crippen molar-refractivity contribution in [3.05, 3.63) is 95.3 Å². The molecule has 34 heavy (non-hydrogen) atoms. The summed E-state index contributed by atoms with van der Waals surface area (Å²) in [6.07, 6.45) is 0. The molecule has 0 aromatic heterocycles. The summed E-state index contributed by atoms with van der Waals surface area (Å²) in [5, 5.41) is 3.01. The van der Waals surface area contributed by atoms with Gasteiger partial charge < -0.3 is 19.7 Å². The first kappa shape index (κ1) is 23.3. The highest BCUT2D eigenvalue weighted by Gasteiger charge is 2.42. The first-order valence-corrected chi connectivity index (χ1v) is 11.1. The van der Waals surface area contributed by atoms with Crippen LogP contribution in [0.4, 0.5) is 4.39 Å². The van der Waals surface area contributed by atoms with E-state index in [0.29, 0.717) is 30.2 Å². The molecule has 0 spiro atoms. The van der Waals surface area contributed by atoms with E-state index in [-0.39, 0.29) is 24.3 Å². The summed E-state index contributed by atoms with van der Waals surface area (Å²) in [6, 6.07) is 20.6. The van der Waals surface area contributed by atoms with E-state index in [2.05, 4.69) is 5.32 Å². The molecular formula is C27H27FN2O4. The first-order chi connectivity index (χ1) is 16.5. The number of nitrogens with zero attached hydrogens (tertiary/aromatic N) is 1. The molecule has 1 heterocycles. The van der Waals surface area contributed by atoms with Crippen molar-refractivity contribution in [3.63, 3.8) is 0 Å². The molecule has 1 fully saturated rings. The lowest BCUT2D eigenvalue weighted by molar-refractivity contribution is -0.125. The van der Waals surface area contributed by atoms with Crippen LogP contribution in [0.25, 0.3) is 0 Å². The Kier molecular flexibility index (Phi) is 7.11. The van der Waals surface area contributed by atoms with Gasteiger partial charge in [-0.25, -0.2) is 4.39 Å². The minimum atomic E-state index is -0.492. The Morgan fingerprint density at radius 1 is 0.941 bits per heavy atom. The van der Waals surface area contributed by atoms with Crippen LogP contribution >= 0.6 is 0 Å². The van der Waals surface area contributed by atoms with Crippen molar-refractivity contribution in [2.75, 3.05) is 27.3 Å². The van der Waals surface area contributed by atoms with Crippen LogP contribution in [-0.2, 0) is 11.3 Å². The molecule has 3 aromatic rings. The van der Waals surface area contributed by atoms with Crippen LogP contribution in [0.5, 0.6) is 11.5 Å². The number of para-hydroxylation sites is 1. The van der Waals surface area contributed by atoms with Gasteiger partial charge in [-0.2, -0.15) is 0 Å². The van der Waals surface area contributed by atoms with Crippen LogP contribution in [0, 0.1) is 11.7 Å². The average molecular weight is 463 g/mol. The maximum atomic E-state index is 13.4. The summed E-state index contributed by atoms with van der Waals surface area (Å²) in [7, 11) is 3.12. The zero-order chi connectivity index (χ0) is 24.1. The van der Waals surface area contributed by atoms with Crippen molar-refractivity contribution in [1.29, 1.82) is 0 Å². The molecular weight excluding hydrogens is 435 g/mol. The first-order valence-electron chi connectivity index (χ1n) is 11.1. The number of carbonyl (C=O) groups excluding carboxylic acids is 2. The molecule has 0 bridgehead atoms. The zero-order valence-corrected chi connectivity index (χ0v) is 19.2. The number of carbonyl (C=O) groups is 2. The number of likely N-dealkylation sites (tertiary alicyclic amines) is 1. The lowest BCUT2D eigenvalue weighted by atomic mass is 9.87. The van der Waals surface area contributed by atoms with Gasteiger partial charge in [-0.3, -0.25) is 9.59 Å². The number of amides is 2. The molecule has 176 valence electrons. The maximum Gasteiger partial charge on any atom is 0.253 e. The van der Waals surface area contributed by atoms with Crippen molar-refractivity contribution in [2.24, 2.45) is 5.92 Å². The second kappa shape index (κ2) is 10.4. The van der Waals surface area contributed by atoms with E-state index in [1.54, 1.807) is 25.2 Å². The van der Waals surface area contributed by atoms with Crippen LogP contribution in [-0.4, -0.2) is 44.0 Å². The van der Waals surface area contributed by atoms with Gasteiger partial charge >= 0.3 is 0 Å². The Morgan fingerprint density at radius 3 is 2.35 bits per heavy atom. The van der Waals surface area contributed by atoms with E-state index in [4.69, 9.17) is 9.47 Å². The highest BCUT2D eigenvalue weighted by Crippen LogP contribution is 2.42. The number of halogens is 1. The van der Waals surface area contributed by atoms with E-state index < -0.39 is 11.7 Å². The number of hydrogen-bond acceptors (Lipinski definition) is 4. The topological polar surface area (TPSA) is 67.9 Å². The average Bonchev–Trinajstić information content (AvgIpc) is 3.32. The molecule has 7 heteroatoms. The molecule has 2 atom stereocenters. The summed E-state index contributed by atoms with van der Waals surface area (Å²) < 4.78 is 24.4. The highest BCUT2D eigenvalue weighted by atomic mass is 19.1. The summed E-state index contributed by atoms with van der Waals surface area (Å²) in [5.41, 5.74) is 2.17. The molecule has 3 aromatic carbocycles. The molecule has 2 unspecified atom stereocenters. The maximum absolute atomic E-state index is 13.4. The Hall–Kier alpha value is -3.87. The summed E-state index contributed by atoms with van der Waals surface area (Å²) >= 11 is 0. The molecule has 6 nitrogen and oxygen atoms in total. The van der Waals surface area contributed by atoms with E-state index in [1.807, 2.05) is 42.5 Å². The molecule has 1 N–H and O–H groups in total. The van der Waals surface area contributed by atoms with Gasteiger partial charge in [0.2, 0.25) is 5.91 Å². The lowest BCUT2D eigenvalue weighted by Crippen LogP contribution is -2.35. The van der Waals surface area contributed by atoms with Crippen molar-refractivity contribution in [2.45, 2.75) is 12.5 Å². The number of hydrogen-bond donors (Lipinski definition) is 1. The minimum Gasteiger partial charge on any atom is -0.493 e. The van der Waals surface area contributed by atoms with Crippen LogP contribution in [0.2, 0.25) is 0 Å².